The van der Waals surface area contributed by atoms with E-state index in [2.05, 4.69) is 5.32 Å². The Labute approximate surface area is 82.1 Å². The van der Waals surface area contributed by atoms with Gasteiger partial charge >= 0.3 is 0 Å². The minimum atomic E-state index is -0.598. The van der Waals surface area contributed by atoms with E-state index in [-0.39, 0.29) is 11.7 Å². The van der Waals surface area contributed by atoms with Crippen molar-refractivity contribution >= 4 is 5.69 Å². The molecule has 78 valence electrons. The number of hydrogen-bond acceptors (Lipinski definition) is 2. The van der Waals surface area contributed by atoms with E-state index in [4.69, 9.17) is 5.73 Å². The molecule has 0 radical (unpaired) electrons. The van der Waals surface area contributed by atoms with Gasteiger partial charge < -0.3 is 11.1 Å². The van der Waals surface area contributed by atoms with Crippen LogP contribution < -0.4 is 11.1 Å². The zero-order valence-electron chi connectivity index (χ0n) is 8.27. The van der Waals surface area contributed by atoms with E-state index in [1.807, 2.05) is 0 Å². The quantitative estimate of drug-likeness (QED) is 0.786. The van der Waals surface area contributed by atoms with Crippen LogP contribution in [0.5, 0.6) is 0 Å². The lowest BCUT2D eigenvalue weighted by Gasteiger charge is -2.10. The predicted octanol–water partition coefficient (Wildman–Crippen LogP) is 2.42. The van der Waals surface area contributed by atoms with Gasteiger partial charge in [-0.25, -0.2) is 8.78 Å². The number of halogens is 2. The minimum absolute atomic E-state index is 0.0862. The van der Waals surface area contributed by atoms with E-state index in [1.54, 1.807) is 13.8 Å². The van der Waals surface area contributed by atoms with Crippen molar-refractivity contribution in [3.63, 3.8) is 0 Å². The van der Waals surface area contributed by atoms with Crippen LogP contribution in [0.15, 0.2) is 12.1 Å². The summed E-state index contributed by atoms with van der Waals surface area (Å²) in [4.78, 5) is 0. The Morgan fingerprint density at radius 3 is 2.21 bits per heavy atom. The Morgan fingerprint density at radius 1 is 1.36 bits per heavy atom. The third kappa shape index (κ3) is 2.20. The Balaban J connectivity index is 3.11. The Hall–Kier alpha value is -1.16. The Kier molecular flexibility index (Phi) is 3.41. The van der Waals surface area contributed by atoms with Crippen molar-refractivity contribution < 1.29 is 8.78 Å². The van der Waals surface area contributed by atoms with Gasteiger partial charge in [0, 0.05) is 12.6 Å². The molecule has 4 heteroatoms. The molecule has 1 aromatic rings. The van der Waals surface area contributed by atoms with Crippen LogP contribution in [0.1, 0.15) is 25.5 Å². The molecule has 0 fully saturated rings. The summed E-state index contributed by atoms with van der Waals surface area (Å²) in [6, 6.07) is 2.15. The number of nitrogens with one attached hydrogen (secondary N) is 1. The highest BCUT2D eigenvalue weighted by Gasteiger charge is 2.11. The van der Waals surface area contributed by atoms with E-state index >= 15 is 0 Å². The second-order valence-electron chi connectivity index (χ2n) is 3.18. The molecule has 1 rings (SSSR count). The molecular weight excluding hydrogens is 186 g/mol. The van der Waals surface area contributed by atoms with Crippen molar-refractivity contribution in [2.45, 2.75) is 19.9 Å². The molecule has 14 heavy (non-hydrogen) atoms. The average molecular weight is 200 g/mol. The van der Waals surface area contributed by atoms with Crippen molar-refractivity contribution in [1.29, 1.82) is 0 Å². The topological polar surface area (TPSA) is 38.0 Å². The highest BCUT2D eigenvalue weighted by atomic mass is 19.1. The first kappa shape index (κ1) is 10.9. The standard InChI is InChI=1S/C10H14F2N2/c1-3-14-10-8(11)4-7(6(2)13)5-9(10)12/h4-6,14H,3,13H2,1-2H3/t6-/m1/s1. The molecule has 0 aliphatic carbocycles. The van der Waals surface area contributed by atoms with Gasteiger partial charge in [-0.05, 0) is 31.5 Å². The molecule has 0 bridgehead atoms. The molecule has 1 atom stereocenters. The largest absolute Gasteiger partial charge is 0.381 e. The fourth-order valence-electron chi connectivity index (χ4n) is 1.20. The first-order chi connectivity index (χ1) is 6.56. The predicted molar refractivity (Wildman–Crippen MR) is 53.1 cm³/mol. The van der Waals surface area contributed by atoms with Crippen molar-refractivity contribution in [3.8, 4) is 0 Å². The SMILES string of the molecule is CCNc1c(F)cc([C@@H](C)N)cc1F. The first-order valence-electron chi connectivity index (χ1n) is 4.54. The molecule has 0 unspecified atom stereocenters. The summed E-state index contributed by atoms with van der Waals surface area (Å²) in [6.45, 7) is 3.94. The summed E-state index contributed by atoms with van der Waals surface area (Å²) in [5, 5.41) is 2.62. The maximum Gasteiger partial charge on any atom is 0.149 e. The van der Waals surface area contributed by atoms with Gasteiger partial charge in [-0.1, -0.05) is 0 Å². The molecule has 0 saturated heterocycles. The Morgan fingerprint density at radius 2 is 1.86 bits per heavy atom. The Bertz CT molecular complexity index is 301. The zero-order valence-corrected chi connectivity index (χ0v) is 8.27. The van der Waals surface area contributed by atoms with Crippen LogP contribution in [-0.2, 0) is 0 Å². The van der Waals surface area contributed by atoms with Gasteiger partial charge in [0.2, 0.25) is 0 Å². The number of anilines is 1. The summed E-state index contributed by atoms with van der Waals surface area (Å²) >= 11 is 0. The van der Waals surface area contributed by atoms with Crippen LogP contribution in [0.3, 0.4) is 0 Å². The molecule has 0 amide bonds. The molecular formula is C10H14F2N2. The average Bonchev–Trinajstić information content (AvgIpc) is 2.10. The molecule has 3 N–H and O–H groups in total. The fraction of sp³-hybridized carbons (Fsp3) is 0.400. The lowest BCUT2D eigenvalue weighted by atomic mass is 10.1. The molecule has 0 spiro atoms. The molecule has 1 aromatic carbocycles. The molecule has 0 aliphatic rings. The van der Waals surface area contributed by atoms with E-state index in [0.717, 1.165) is 0 Å². The van der Waals surface area contributed by atoms with Gasteiger partial charge in [-0.2, -0.15) is 0 Å². The van der Waals surface area contributed by atoms with Crippen molar-refractivity contribution in [1.82, 2.24) is 0 Å². The van der Waals surface area contributed by atoms with Crippen molar-refractivity contribution in [2.24, 2.45) is 5.73 Å². The second-order valence-corrected chi connectivity index (χ2v) is 3.18. The van der Waals surface area contributed by atoms with Crippen LogP contribution >= 0.6 is 0 Å². The van der Waals surface area contributed by atoms with Gasteiger partial charge in [-0.15, -0.1) is 0 Å². The van der Waals surface area contributed by atoms with E-state index in [9.17, 15) is 8.78 Å². The van der Waals surface area contributed by atoms with Gasteiger partial charge in [0.15, 0.2) is 0 Å². The first-order valence-corrected chi connectivity index (χ1v) is 4.54. The van der Waals surface area contributed by atoms with E-state index < -0.39 is 11.6 Å². The van der Waals surface area contributed by atoms with Gasteiger partial charge in [-0.3, -0.25) is 0 Å². The molecule has 2 nitrogen and oxygen atoms in total. The molecule has 0 saturated carbocycles. The number of nitrogens with two attached hydrogens (primary N) is 1. The van der Waals surface area contributed by atoms with E-state index in [1.165, 1.54) is 12.1 Å². The van der Waals surface area contributed by atoms with Gasteiger partial charge in [0.1, 0.15) is 17.3 Å². The van der Waals surface area contributed by atoms with Crippen molar-refractivity contribution in [2.75, 3.05) is 11.9 Å². The van der Waals surface area contributed by atoms with Crippen LogP contribution in [0.25, 0.3) is 0 Å². The van der Waals surface area contributed by atoms with Crippen molar-refractivity contribution in [3.05, 3.63) is 29.3 Å². The summed E-state index contributed by atoms with van der Waals surface area (Å²) in [7, 11) is 0. The zero-order chi connectivity index (χ0) is 10.7. The summed E-state index contributed by atoms with van der Waals surface area (Å²) < 4.78 is 26.6. The van der Waals surface area contributed by atoms with Crippen LogP contribution in [0.2, 0.25) is 0 Å². The summed E-state index contributed by atoms with van der Waals surface area (Å²) in [6.07, 6.45) is 0. The van der Waals surface area contributed by atoms with Crippen LogP contribution in [0, 0.1) is 11.6 Å². The molecule has 0 aliphatic heterocycles. The fourth-order valence-corrected chi connectivity index (χ4v) is 1.20. The highest BCUT2D eigenvalue weighted by molar-refractivity contribution is 5.48. The summed E-state index contributed by atoms with van der Waals surface area (Å²) in [5.41, 5.74) is 5.90. The second kappa shape index (κ2) is 4.37. The van der Waals surface area contributed by atoms with E-state index in [0.29, 0.717) is 12.1 Å². The minimum Gasteiger partial charge on any atom is -0.381 e. The van der Waals surface area contributed by atoms with Gasteiger partial charge in [0.25, 0.3) is 0 Å². The van der Waals surface area contributed by atoms with Gasteiger partial charge in [0.05, 0.1) is 0 Å². The monoisotopic (exact) mass is 200 g/mol. The maximum atomic E-state index is 13.3. The highest BCUT2D eigenvalue weighted by Crippen LogP contribution is 2.22. The molecule has 0 heterocycles. The smallest absolute Gasteiger partial charge is 0.149 e. The third-order valence-electron chi connectivity index (χ3n) is 1.94. The number of rotatable bonds is 3. The number of benzene rings is 1. The lowest BCUT2D eigenvalue weighted by molar-refractivity contribution is 0.581. The van der Waals surface area contributed by atoms with Crippen LogP contribution in [-0.4, -0.2) is 6.54 Å². The van der Waals surface area contributed by atoms with Crippen LogP contribution in [0.4, 0.5) is 14.5 Å². The number of hydrogen-bond donors (Lipinski definition) is 2. The summed E-state index contributed by atoms with van der Waals surface area (Å²) in [5.74, 6) is -1.20. The molecule has 0 aromatic heterocycles. The lowest BCUT2D eigenvalue weighted by Crippen LogP contribution is -2.08. The third-order valence-corrected chi connectivity index (χ3v) is 1.94. The maximum absolute atomic E-state index is 13.3. The normalized spacial score (nSPS) is 12.6.